The number of carbonyl (C=O) groups excluding carboxylic acids is 2. The van der Waals surface area contributed by atoms with Gasteiger partial charge in [-0.1, -0.05) is 50.2 Å². The number of aryl methyl sites for hydroxylation is 1. The zero-order chi connectivity index (χ0) is 19.1. The van der Waals surface area contributed by atoms with Gasteiger partial charge in [-0.15, -0.1) is 10.2 Å². The molecule has 0 saturated carbocycles. The molecule has 0 bridgehead atoms. The van der Waals surface area contributed by atoms with E-state index < -0.39 is 12.0 Å². The van der Waals surface area contributed by atoms with E-state index >= 15 is 0 Å². The molecular formula is C18H23N3O4S. The molecule has 2 aromatic rings. The first-order valence-corrected chi connectivity index (χ1v) is 9.34. The van der Waals surface area contributed by atoms with Gasteiger partial charge in [0.25, 0.3) is 5.22 Å². The van der Waals surface area contributed by atoms with Crippen LogP contribution in [-0.2, 0) is 14.3 Å². The second-order valence-corrected chi connectivity index (χ2v) is 6.86. The quantitative estimate of drug-likeness (QED) is 0.558. The molecule has 0 aliphatic carbocycles. The second kappa shape index (κ2) is 9.38. The highest BCUT2D eigenvalue weighted by Crippen LogP contribution is 2.25. The normalized spacial score (nSPS) is 13.1. The summed E-state index contributed by atoms with van der Waals surface area (Å²) in [5.74, 6) is -0.275. The van der Waals surface area contributed by atoms with Crippen LogP contribution >= 0.6 is 11.8 Å². The Morgan fingerprint density at radius 3 is 2.69 bits per heavy atom. The number of carbonyl (C=O) groups is 2. The van der Waals surface area contributed by atoms with Crippen molar-refractivity contribution >= 4 is 23.6 Å². The van der Waals surface area contributed by atoms with Crippen LogP contribution in [0.2, 0.25) is 0 Å². The Balaban J connectivity index is 1.95. The zero-order valence-electron chi connectivity index (χ0n) is 15.3. The number of nitrogens with zero attached hydrogens (tertiary/aromatic N) is 2. The first-order valence-electron chi connectivity index (χ1n) is 8.35. The van der Waals surface area contributed by atoms with Crippen molar-refractivity contribution in [2.24, 2.45) is 5.92 Å². The molecule has 0 saturated heterocycles. The van der Waals surface area contributed by atoms with Crippen LogP contribution in [0.15, 0.2) is 33.9 Å². The van der Waals surface area contributed by atoms with Crippen molar-refractivity contribution < 1.29 is 18.7 Å². The van der Waals surface area contributed by atoms with Crippen molar-refractivity contribution in [3.05, 3.63) is 29.8 Å². The standard InChI is InChI=1S/C18H23N3O4S/c1-5-11(2)15(17(23)24-4)19-14(22)10-26-18-21-20-16(25-18)13-9-7-6-8-12(13)3/h6-9,11,15H,5,10H2,1-4H3,(H,19,22)/t11-,15-/m1/s1. The Labute approximate surface area is 156 Å². The number of esters is 1. The lowest BCUT2D eigenvalue weighted by Gasteiger charge is -2.21. The summed E-state index contributed by atoms with van der Waals surface area (Å²) < 4.78 is 10.4. The lowest BCUT2D eigenvalue weighted by Crippen LogP contribution is -2.46. The number of nitrogens with one attached hydrogen (secondary N) is 1. The third-order valence-corrected chi connectivity index (χ3v) is 4.91. The smallest absolute Gasteiger partial charge is 0.328 e. The van der Waals surface area contributed by atoms with Crippen LogP contribution in [0, 0.1) is 12.8 Å². The molecule has 1 heterocycles. The average Bonchev–Trinajstić information content (AvgIpc) is 3.12. The minimum Gasteiger partial charge on any atom is -0.467 e. The lowest BCUT2D eigenvalue weighted by atomic mass is 9.99. The minimum absolute atomic E-state index is 0.0209. The van der Waals surface area contributed by atoms with Crippen molar-refractivity contribution in [1.82, 2.24) is 15.5 Å². The molecule has 1 aromatic carbocycles. The first-order chi connectivity index (χ1) is 12.5. The van der Waals surface area contributed by atoms with Crippen molar-refractivity contribution in [2.75, 3.05) is 12.9 Å². The lowest BCUT2D eigenvalue weighted by molar-refractivity contribution is -0.146. The Kier molecular flexibility index (Phi) is 7.20. The second-order valence-electron chi connectivity index (χ2n) is 5.93. The van der Waals surface area contributed by atoms with E-state index in [0.29, 0.717) is 11.1 Å². The molecule has 1 amide bonds. The summed E-state index contributed by atoms with van der Waals surface area (Å²) in [5, 5.41) is 11.0. The summed E-state index contributed by atoms with van der Waals surface area (Å²) in [6.45, 7) is 5.80. The Hall–Kier alpha value is -2.35. The number of aromatic nitrogens is 2. The van der Waals surface area contributed by atoms with E-state index in [4.69, 9.17) is 9.15 Å². The van der Waals surface area contributed by atoms with Crippen LogP contribution in [0.1, 0.15) is 25.8 Å². The molecule has 26 heavy (non-hydrogen) atoms. The van der Waals surface area contributed by atoms with E-state index in [-0.39, 0.29) is 17.6 Å². The number of rotatable bonds is 8. The zero-order valence-corrected chi connectivity index (χ0v) is 16.1. The summed E-state index contributed by atoms with van der Waals surface area (Å²) in [4.78, 5) is 24.0. The molecule has 7 nitrogen and oxygen atoms in total. The van der Waals surface area contributed by atoms with Crippen LogP contribution in [0.25, 0.3) is 11.5 Å². The van der Waals surface area contributed by atoms with E-state index in [9.17, 15) is 9.59 Å². The summed E-state index contributed by atoms with van der Waals surface area (Å²) in [6, 6.07) is 7.03. The van der Waals surface area contributed by atoms with Crippen LogP contribution in [-0.4, -0.2) is 41.0 Å². The molecule has 0 unspecified atom stereocenters. The fraction of sp³-hybridized carbons (Fsp3) is 0.444. The molecule has 2 rings (SSSR count). The van der Waals surface area contributed by atoms with Gasteiger partial charge in [0, 0.05) is 5.56 Å². The van der Waals surface area contributed by atoms with Crippen molar-refractivity contribution in [1.29, 1.82) is 0 Å². The maximum absolute atomic E-state index is 12.2. The molecule has 1 N–H and O–H groups in total. The topological polar surface area (TPSA) is 94.3 Å². The highest BCUT2D eigenvalue weighted by atomic mass is 32.2. The number of amides is 1. The van der Waals surface area contributed by atoms with Crippen LogP contribution < -0.4 is 5.32 Å². The Morgan fingerprint density at radius 1 is 1.31 bits per heavy atom. The molecule has 0 radical (unpaired) electrons. The number of ether oxygens (including phenoxy) is 1. The fourth-order valence-electron chi connectivity index (χ4n) is 2.33. The molecule has 0 aliphatic heterocycles. The summed E-state index contributed by atoms with van der Waals surface area (Å²) in [6.07, 6.45) is 0.747. The maximum Gasteiger partial charge on any atom is 0.328 e. The molecule has 0 fully saturated rings. The van der Waals surface area contributed by atoms with Gasteiger partial charge in [-0.25, -0.2) is 4.79 Å². The van der Waals surface area contributed by atoms with Gasteiger partial charge in [-0.05, 0) is 24.5 Å². The van der Waals surface area contributed by atoms with Crippen molar-refractivity contribution in [3.63, 3.8) is 0 Å². The predicted molar refractivity (Wildman–Crippen MR) is 98.6 cm³/mol. The van der Waals surface area contributed by atoms with Gasteiger partial charge < -0.3 is 14.5 Å². The van der Waals surface area contributed by atoms with Gasteiger partial charge >= 0.3 is 5.97 Å². The van der Waals surface area contributed by atoms with Crippen LogP contribution in [0.3, 0.4) is 0 Å². The Morgan fingerprint density at radius 2 is 2.04 bits per heavy atom. The monoisotopic (exact) mass is 377 g/mol. The Bertz CT molecular complexity index is 762. The number of benzene rings is 1. The van der Waals surface area contributed by atoms with Crippen molar-refractivity contribution in [2.45, 2.75) is 38.5 Å². The summed E-state index contributed by atoms with van der Waals surface area (Å²) in [7, 11) is 1.31. The fourth-order valence-corrected chi connectivity index (χ4v) is 2.90. The highest BCUT2D eigenvalue weighted by molar-refractivity contribution is 7.99. The van der Waals surface area contributed by atoms with E-state index in [2.05, 4.69) is 15.5 Å². The van der Waals surface area contributed by atoms with Gasteiger partial charge in [0.1, 0.15) is 6.04 Å². The van der Waals surface area contributed by atoms with E-state index in [1.807, 2.05) is 45.0 Å². The predicted octanol–water partition coefficient (Wildman–Crippen LogP) is 2.84. The first kappa shape index (κ1) is 20.0. The molecule has 8 heteroatoms. The molecule has 2 atom stereocenters. The van der Waals surface area contributed by atoms with Crippen molar-refractivity contribution in [3.8, 4) is 11.5 Å². The molecule has 140 valence electrons. The van der Waals surface area contributed by atoms with Gasteiger partial charge in [0.2, 0.25) is 11.8 Å². The largest absolute Gasteiger partial charge is 0.467 e. The van der Waals surface area contributed by atoms with Crippen LogP contribution in [0.5, 0.6) is 0 Å². The van der Waals surface area contributed by atoms with E-state index in [0.717, 1.165) is 29.3 Å². The number of thioether (sulfide) groups is 1. The van der Waals surface area contributed by atoms with Gasteiger partial charge in [0.15, 0.2) is 0 Å². The number of hydrogen-bond donors (Lipinski definition) is 1. The number of methoxy groups -OCH3 is 1. The van der Waals surface area contributed by atoms with Gasteiger partial charge in [0.05, 0.1) is 12.9 Å². The van der Waals surface area contributed by atoms with Gasteiger partial charge in [-0.2, -0.15) is 0 Å². The minimum atomic E-state index is -0.664. The third-order valence-electron chi connectivity index (χ3n) is 4.09. The van der Waals surface area contributed by atoms with Gasteiger partial charge in [-0.3, -0.25) is 4.79 Å². The average molecular weight is 377 g/mol. The maximum atomic E-state index is 12.2. The molecule has 1 aromatic heterocycles. The number of hydrogen-bond acceptors (Lipinski definition) is 7. The third kappa shape index (κ3) is 5.08. The molecule has 0 spiro atoms. The van der Waals surface area contributed by atoms with E-state index in [1.165, 1.54) is 7.11 Å². The van der Waals surface area contributed by atoms with E-state index in [1.54, 1.807) is 0 Å². The highest BCUT2D eigenvalue weighted by Gasteiger charge is 2.26. The SMILES string of the molecule is CC[C@@H](C)[C@@H](NC(=O)CSc1nnc(-c2ccccc2C)o1)C(=O)OC. The molecule has 0 aliphatic rings. The summed E-state index contributed by atoms with van der Waals surface area (Å²) in [5.41, 5.74) is 1.89. The summed E-state index contributed by atoms with van der Waals surface area (Å²) >= 11 is 1.13. The van der Waals surface area contributed by atoms with Crippen LogP contribution in [0.4, 0.5) is 0 Å². The molecular weight excluding hydrogens is 354 g/mol.